The standard InChI is InChI=1S/C20H17N3O2S/c1-25-16-9-3-2-7-14(16)13-22-19(24)18-17(23-11-4-5-12-23)15-8-6-10-21-20(15)26-18/h2-12H,13H2,1H3,(H,22,24). The second-order valence-corrected chi connectivity index (χ2v) is 6.72. The molecule has 5 nitrogen and oxygen atoms in total. The Bertz CT molecular complexity index is 1050. The van der Waals surface area contributed by atoms with Gasteiger partial charge in [0.05, 0.1) is 12.8 Å². The maximum atomic E-state index is 12.9. The van der Waals surface area contributed by atoms with Crippen molar-refractivity contribution in [1.82, 2.24) is 14.9 Å². The Morgan fingerprint density at radius 2 is 1.96 bits per heavy atom. The van der Waals surface area contributed by atoms with Crippen LogP contribution in [0.4, 0.5) is 0 Å². The van der Waals surface area contributed by atoms with Crippen molar-refractivity contribution in [3.8, 4) is 11.4 Å². The van der Waals surface area contributed by atoms with Crippen molar-refractivity contribution < 1.29 is 9.53 Å². The first-order valence-electron chi connectivity index (χ1n) is 8.19. The van der Waals surface area contributed by atoms with Gasteiger partial charge in [-0.25, -0.2) is 4.98 Å². The summed E-state index contributed by atoms with van der Waals surface area (Å²) >= 11 is 1.40. The van der Waals surface area contributed by atoms with E-state index in [9.17, 15) is 4.79 Å². The van der Waals surface area contributed by atoms with Crippen molar-refractivity contribution in [2.75, 3.05) is 7.11 Å². The smallest absolute Gasteiger partial charge is 0.263 e. The molecule has 0 saturated carbocycles. The minimum Gasteiger partial charge on any atom is -0.496 e. The SMILES string of the molecule is COc1ccccc1CNC(=O)c1sc2ncccc2c1-n1cccc1. The third-order valence-electron chi connectivity index (χ3n) is 4.14. The first kappa shape index (κ1) is 16.4. The van der Waals surface area contributed by atoms with Crippen molar-refractivity contribution in [2.24, 2.45) is 0 Å². The summed E-state index contributed by atoms with van der Waals surface area (Å²) in [4.78, 5) is 18.8. The van der Waals surface area contributed by atoms with Crippen LogP contribution in [-0.2, 0) is 6.54 Å². The maximum Gasteiger partial charge on any atom is 0.263 e. The zero-order valence-electron chi connectivity index (χ0n) is 14.2. The van der Waals surface area contributed by atoms with E-state index in [1.54, 1.807) is 13.3 Å². The number of rotatable bonds is 5. The molecule has 0 spiro atoms. The van der Waals surface area contributed by atoms with Gasteiger partial charge in [0, 0.05) is 36.1 Å². The Labute approximate surface area is 154 Å². The molecule has 0 fully saturated rings. The monoisotopic (exact) mass is 363 g/mol. The van der Waals surface area contributed by atoms with E-state index in [1.165, 1.54) is 11.3 Å². The van der Waals surface area contributed by atoms with Crippen LogP contribution in [0, 0.1) is 0 Å². The van der Waals surface area contributed by atoms with E-state index >= 15 is 0 Å². The summed E-state index contributed by atoms with van der Waals surface area (Å²) in [5, 5.41) is 3.97. The molecule has 3 aromatic heterocycles. The molecule has 1 aromatic carbocycles. The quantitative estimate of drug-likeness (QED) is 0.582. The Morgan fingerprint density at radius 3 is 2.77 bits per heavy atom. The molecule has 1 amide bonds. The molecule has 0 aliphatic heterocycles. The average Bonchev–Trinajstić information content (AvgIpc) is 3.33. The van der Waals surface area contributed by atoms with Crippen LogP contribution in [0.1, 0.15) is 15.2 Å². The lowest BCUT2D eigenvalue weighted by Gasteiger charge is -2.10. The zero-order valence-corrected chi connectivity index (χ0v) is 15.0. The van der Waals surface area contributed by atoms with E-state index in [4.69, 9.17) is 4.74 Å². The van der Waals surface area contributed by atoms with Gasteiger partial charge in [-0.1, -0.05) is 18.2 Å². The van der Waals surface area contributed by atoms with Crippen molar-refractivity contribution in [2.45, 2.75) is 6.54 Å². The van der Waals surface area contributed by atoms with Crippen molar-refractivity contribution in [3.05, 3.63) is 77.6 Å². The van der Waals surface area contributed by atoms with E-state index in [1.807, 2.05) is 65.5 Å². The maximum absolute atomic E-state index is 12.9. The highest BCUT2D eigenvalue weighted by Crippen LogP contribution is 2.33. The number of para-hydroxylation sites is 1. The molecule has 0 bridgehead atoms. The van der Waals surface area contributed by atoms with Crippen LogP contribution in [0.2, 0.25) is 0 Å². The van der Waals surface area contributed by atoms with E-state index in [0.29, 0.717) is 11.4 Å². The largest absolute Gasteiger partial charge is 0.496 e. The van der Waals surface area contributed by atoms with Gasteiger partial charge in [0.15, 0.2) is 0 Å². The number of benzene rings is 1. The van der Waals surface area contributed by atoms with Crippen LogP contribution in [0.5, 0.6) is 5.75 Å². The molecule has 0 radical (unpaired) electrons. The summed E-state index contributed by atoms with van der Waals surface area (Å²) in [5.41, 5.74) is 1.80. The number of carbonyl (C=O) groups is 1. The number of nitrogens with zero attached hydrogens (tertiary/aromatic N) is 2. The van der Waals surface area contributed by atoms with Gasteiger partial charge >= 0.3 is 0 Å². The van der Waals surface area contributed by atoms with Gasteiger partial charge < -0.3 is 14.6 Å². The van der Waals surface area contributed by atoms with Gasteiger partial charge in [-0.05, 0) is 30.3 Å². The Hall–Kier alpha value is -3.12. The number of pyridine rings is 1. The number of ether oxygens (including phenoxy) is 1. The molecule has 1 N–H and O–H groups in total. The van der Waals surface area contributed by atoms with Crippen LogP contribution in [0.3, 0.4) is 0 Å². The number of nitrogens with one attached hydrogen (secondary N) is 1. The first-order chi connectivity index (χ1) is 12.8. The van der Waals surface area contributed by atoms with E-state index < -0.39 is 0 Å². The summed E-state index contributed by atoms with van der Waals surface area (Å²) in [7, 11) is 1.63. The zero-order chi connectivity index (χ0) is 17.9. The molecule has 0 aliphatic rings. The molecular formula is C20H17N3O2S. The van der Waals surface area contributed by atoms with Crippen molar-refractivity contribution in [3.63, 3.8) is 0 Å². The van der Waals surface area contributed by atoms with Crippen LogP contribution < -0.4 is 10.1 Å². The molecule has 4 rings (SSSR count). The van der Waals surface area contributed by atoms with E-state index in [0.717, 1.165) is 27.2 Å². The summed E-state index contributed by atoms with van der Waals surface area (Å²) in [6, 6.07) is 15.4. The van der Waals surface area contributed by atoms with Gasteiger partial charge in [-0.2, -0.15) is 0 Å². The number of methoxy groups -OCH3 is 1. The second-order valence-electron chi connectivity index (χ2n) is 5.72. The normalized spacial score (nSPS) is 10.8. The van der Waals surface area contributed by atoms with Gasteiger partial charge in [-0.15, -0.1) is 11.3 Å². The van der Waals surface area contributed by atoms with Gasteiger partial charge in [-0.3, -0.25) is 4.79 Å². The van der Waals surface area contributed by atoms with E-state index in [2.05, 4.69) is 10.3 Å². The average molecular weight is 363 g/mol. The number of fused-ring (bicyclic) bond motifs is 1. The van der Waals surface area contributed by atoms with Crippen LogP contribution in [-0.4, -0.2) is 22.6 Å². The molecular weight excluding hydrogens is 346 g/mol. The number of amides is 1. The summed E-state index contributed by atoms with van der Waals surface area (Å²) in [6.45, 7) is 0.398. The summed E-state index contributed by atoms with van der Waals surface area (Å²) in [5.74, 6) is 0.638. The van der Waals surface area contributed by atoms with Crippen LogP contribution >= 0.6 is 11.3 Å². The number of hydrogen-bond acceptors (Lipinski definition) is 4. The molecule has 26 heavy (non-hydrogen) atoms. The first-order valence-corrected chi connectivity index (χ1v) is 9.00. The Balaban J connectivity index is 1.68. The highest BCUT2D eigenvalue weighted by atomic mass is 32.1. The molecule has 6 heteroatoms. The predicted octanol–water partition coefficient (Wildman–Crippen LogP) is 4.03. The number of aromatic nitrogens is 2. The van der Waals surface area contributed by atoms with Gasteiger partial charge in [0.25, 0.3) is 5.91 Å². The molecule has 0 unspecified atom stereocenters. The molecule has 4 aromatic rings. The lowest BCUT2D eigenvalue weighted by atomic mass is 10.2. The fourth-order valence-corrected chi connectivity index (χ4v) is 3.98. The topological polar surface area (TPSA) is 56.1 Å². The van der Waals surface area contributed by atoms with Crippen molar-refractivity contribution in [1.29, 1.82) is 0 Å². The van der Waals surface area contributed by atoms with Gasteiger partial charge in [0.2, 0.25) is 0 Å². The third-order valence-corrected chi connectivity index (χ3v) is 5.24. The molecule has 0 aliphatic carbocycles. The number of thiophene rings is 1. The highest BCUT2D eigenvalue weighted by molar-refractivity contribution is 7.21. The lowest BCUT2D eigenvalue weighted by Crippen LogP contribution is -2.23. The molecule has 0 saturated heterocycles. The fourth-order valence-electron chi connectivity index (χ4n) is 2.92. The molecule has 3 heterocycles. The Kier molecular flexibility index (Phi) is 4.41. The molecule has 0 atom stereocenters. The summed E-state index contributed by atoms with van der Waals surface area (Å²) < 4.78 is 7.31. The summed E-state index contributed by atoms with van der Waals surface area (Å²) in [6.07, 6.45) is 5.62. The minimum absolute atomic E-state index is 0.123. The minimum atomic E-state index is -0.123. The number of hydrogen-bond donors (Lipinski definition) is 1. The third kappa shape index (κ3) is 2.95. The van der Waals surface area contributed by atoms with E-state index in [-0.39, 0.29) is 5.91 Å². The lowest BCUT2D eigenvalue weighted by molar-refractivity contribution is 0.0955. The Morgan fingerprint density at radius 1 is 1.15 bits per heavy atom. The second kappa shape index (κ2) is 7.01. The van der Waals surface area contributed by atoms with Crippen molar-refractivity contribution >= 4 is 27.5 Å². The van der Waals surface area contributed by atoms with Gasteiger partial charge in [0.1, 0.15) is 15.5 Å². The fraction of sp³-hybridized carbons (Fsp3) is 0.100. The van der Waals surface area contributed by atoms with Crippen LogP contribution in [0.25, 0.3) is 15.9 Å². The predicted molar refractivity (Wildman–Crippen MR) is 103 cm³/mol. The van der Waals surface area contributed by atoms with Crippen LogP contribution in [0.15, 0.2) is 67.1 Å². The number of carbonyl (C=O) groups excluding carboxylic acids is 1. The molecule has 130 valence electrons. The highest BCUT2D eigenvalue weighted by Gasteiger charge is 2.20.